The van der Waals surface area contributed by atoms with Gasteiger partial charge in [0.1, 0.15) is 5.76 Å². The Morgan fingerprint density at radius 3 is 3.00 bits per heavy atom. The van der Waals surface area contributed by atoms with Crippen LogP contribution in [0.5, 0.6) is 0 Å². The maximum absolute atomic E-state index is 5.11. The van der Waals surface area contributed by atoms with Gasteiger partial charge in [-0.15, -0.1) is 0 Å². The molecule has 4 nitrogen and oxygen atoms in total. The van der Waals surface area contributed by atoms with Crippen molar-refractivity contribution in [3.63, 3.8) is 0 Å². The number of nitrogens with one attached hydrogen (secondary N) is 1. The fourth-order valence-corrected chi connectivity index (χ4v) is 2.63. The van der Waals surface area contributed by atoms with E-state index in [-0.39, 0.29) is 0 Å². The van der Waals surface area contributed by atoms with E-state index in [0.717, 1.165) is 31.1 Å². The number of nitrogens with zero attached hydrogens (tertiary/aromatic N) is 2. The fourth-order valence-electron chi connectivity index (χ4n) is 2.63. The van der Waals surface area contributed by atoms with Gasteiger partial charge < -0.3 is 9.84 Å². The van der Waals surface area contributed by atoms with Crippen LogP contribution >= 0.6 is 0 Å². The van der Waals surface area contributed by atoms with Gasteiger partial charge in [0.25, 0.3) is 0 Å². The molecule has 1 fully saturated rings. The molecular weight excluding hydrogens is 214 g/mol. The van der Waals surface area contributed by atoms with Crippen LogP contribution in [0.25, 0.3) is 0 Å². The summed E-state index contributed by atoms with van der Waals surface area (Å²) in [4.78, 5) is 2.49. The normalized spacial score (nSPS) is 26.3. The molecule has 1 aliphatic rings. The zero-order chi connectivity index (χ0) is 12.3. The highest BCUT2D eigenvalue weighted by molar-refractivity contribution is 5.04. The molecule has 2 heterocycles. The van der Waals surface area contributed by atoms with E-state index in [1.54, 1.807) is 0 Å². The average Bonchev–Trinajstić information content (AvgIpc) is 2.69. The van der Waals surface area contributed by atoms with Crippen LogP contribution in [0.15, 0.2) is 10.6 Å². The molecule has 1 N–H and O–H groups in total. The summed E-state index contributed by atoms with van der Waals surface area (Å²) >= 11 is 0. The van der Waals surface area contributed by atoms with Gasteiger partial charge in [-0.05, 0) is 33.2 Å². The summed E-state index contributed by atoms with van der Waals surface area (Å²) in [6.07, 6.45) is 2.46. The van der Waals surface area contributed by atoms with Crippen LogP contribution in [0.3, 0.4) is 0 Å². The maximum Gasteiger partial charge on any atom is 0.133 e. The lowest BCUT2D eigenvalue weighted by Gasteiger charge is -2.37. The zero-order valence-corrected chi connectivity index (χ0v) is 11.1. The third kappa shape index (κ3) is 3.30. The summed E-state index contributed by atoms with van der Waals surface area (Å²) in [5.41, 5.74) is 1.05. The van der Waals surface area contributed by atoms with Gasteiger partial charge in [0.05, 0.1) is 5.69 Å². The van der Waals surface area contributed by atoms with Gasteiger partial charge in [-0.3, -0.25) is 4.90 Å². The highest BCUT2D eigenvalue weighted by atomic mass is 16.5. The van der Waals surface area contributed by atoms with E-state index in [1.807, 2.05) is 13.0 Å². The van der Waals surface area contributed by atoms with E-state index in [0.29, 0.717) is 12.1 Å². The molecule has 96 valence electrons. The van der Waals surface area contributed by atoms with Crippen LogP contribution in [0.1, 0.15) is 38.1 Å². The first kappa shape index (κ1) is 12.6. The molecule has 1 saturated heterocycles. The van der Waals surface area contributed by atoms with Gasteiger partial charge in [0, 0.05) is 31.2 Å². The number of piperidine rings is 1. The first-order valence-electron chi connectivity index (χ1n) is 6.58. The van der Waals surface area contributed by atoms with Crippen molar-refractivity contribution in [1.82, 2.24) is 15.4 Å². The van der Waals surface area contributed by atoms with Crippen molar-refractivity contribution in [1.29, 1.82) is 0 Å². The van der Waals surface area contributed by atoms with Gasteiger partial charge >= 0.3 is 0 Å². The van der Waals surface area contributed by atoms with Crippen LogP contribution in [-0.2, 0) is 6.54 Å². The van der Waals surface area contributed by atoms with Gasteiger partial charge in [0.2, 0.25) is 0 Å². The average molecular weight is 237 g/mol. The Morgan fingerprint density at radius 2 is 2.41 bits per heavy atom. The number of hydrogen-bond donors (Lipinski definition) is 1. The number of aromatic nitrogens is 1. The molecule has 0 radical (unpaired) electrons. The molecule has 4 heteroatoms. The van der Waals surface area contributed by atoms with Crippen LogP contribution < -0.4 is 5.32 Å². The summed E-state index contributed by atoms with van der Waals surface area (Å²) in [6, 6.07) is 3.33. The molecular formula is C13H23N3O. The second-order valence-corrected chi connectivity index (χ2v) is 5.03. The van der Waals surface area contributed by atoms with E-state index in [9.17, 15) is 0 Å². The Kier molecular flexibility index (Phi) is 4.18. The zero-order valence-electron chi connectivity index (χ0n) is 11.1. The molecule has 1 aromatic heterocycles. The standard InChI is InChI=1S/C13H23N3O/c1-4-14-12-5-6-16(10(2)7-12)9-13-8-11(3)17-15-13/h8,10,12,14H,4-7,9H2,1-3H3. The Morgan fingerprint density at radius 1 is 1.59 bits per heavy atom. The minimum atomic E-state index is 0.616. The lowest BCUT2D eigenvalue weighted by molar-refractivity contribution is 0.126. The Bertz CT molecular complexity index is 350. The summed E-state index contributed by atoms with van der Waals surface area (Å²) in [6.45, 7) is 9.55. The lowest BCUT2D eigenvalue weighted by atomic mass is 9.98. The quantitative estimate of drug-likeness (QED) is 0.869. The lowest BCUT2D eigenvalue weighted by Crippen LogP contribution is -2.46. The van der Waals surface area contributed by atoms with Crippen molar-refractivity contribution in [2.75, 3.05) is 13.1 Å². The smallest absolute Gasteiger partial charge is 0.133 e. The van der Waals surface area contributed by atoms with Crippen molar-refractivity contribution in [2.24, 2.45) is 0 Å². The summed E-state index contributed by atoms with van der Waals surface area (Å²) in [7, 11) is 0. The molecule has 0 aromatic carbocycles. The fraction of sp³-hybridized carbons (Fsp3) is 0.769. The summed E-state index contributed by atoms with van der Waals surface area (Å²) in [5, 5.41) is 7.61. The molecule has 2 atom stereocenters. The van der Waals surface area contributed by atoms with Crippen LogP contribution in [0.2, 0.25) is 0 Å². The molecule has 0 spiro atoms. The van der Waals surface area contributed by atoms with Gasteiger partial charge in [-0.2, -0.15) is 0 Å². The second-order valence-electron chi connectivity index (χ2n) is 5.03. The highest BCUT2D eigenvalue weighted by Crippen LogP contribution is 2.19. The molecule has 0 amide bonds. The number of aryl methyl sites for hydroxylation is 1. The molecule has 0 saturated carbocycles. The van der Waals surface area contributed by atoms with Crippen LogP contribution in [-0.4, -0.2) is 35.2 Å². The number of likely N-dealkylation sites (tertiary alicyclic amines) is 1. The van der Waals surface area contributed by atoms with E-state index < -0.39 is 0 Å². The van der Waals surface area contributed by atoms with Crippen molar-refractivity contribution >= 4 is 0 Å². The van der Waals surface area contributed by atoms with E-state index in [2.05, 4.69) is 29.2 Å². The molecule has 0 aliphatic carbocycles. The van der Waals surface area contributed by atoms with Crippen molar-refractivity contribution < 1.29 is 4.52 Å². The molecule has 2 unspecified atom stereocenters. The van der Waals surface area contributed by atoms with Gasteiger partial charge in [0.15, 0.2) is 0 Å². The van der Waals surface area contributed by atoms with Crippen molar-refractivity contribution in [2.45, 2.75) is 52.2 Å². The molecule has 0 bridgehead atoms. The largest absolute Gasteiger partial charge is 0.361 e. The third-order valence-electron chi connectivity index (χ3n) is 3.55. The first-order chi connectivity index (χ1) is 8.19. The Balaban J connectivity index is 1.87. The van der Waals surface area contributed by atoms with Crippen LogP contribution in [0.4, 0.5) is 0 Å². The van der Waals surface area contributed by atoms with Crippen molar-refractivity contribution in [3.05, 3.63) is 17.5 Å². The molecule has 17 heavy (non-hydrogen) atoms. The summed E-state index contributed by atoms with van der Waals surface area (Å²) < 4.78 is 5.11. The molecule has 1 aromatic rings. The monoisotopic (exact) mass is 237 g/mol. The molecule has 2 rings (SSSR count). The summed E-state index contributed by atoms with van der Waals surface area (Å²) in [5.74, 6) is 0.898. The van der Waals surface area contributed by atoms with E-state index >= 15 is 0 Å². The third-order valence-corrected chi connectivity index (χ3v) is 3.55. The molecule has 1 aliphatic heterocycles. The topological polar surface area (TPSA) is 41.3 Å². The Hall–Kier alpha value is -0.870. The Labute approximate surface area is 103 Å². The second kappa shape index (κ2) is 5.65. The minimum absolute atomic E-state index is 0.616. The number of rotatable bonds is 4. The first-order valence-corrected chi connectivity index (χ1v) is 6.58. The van der Waals surface area contributed by atoms with Gasteiger partial charge in [-0.1, -0.05) is 12.1 Å². The van der Waals surface area contributed by atoms with Crippen molar-refractivity contribution in [3.8, 4) is 0 Å². The SMILES string of the molecule is CCNC1CCN(Cc2cc(C)on2)C(C)C1. The van der Waals surface area contributed by atoms with Crippen LogP contribution in [0, 0.1) is 6.92 Å². The van der Waals surface area contributed by atoms with E-state index in [1.165, 1.54) is 12.8 Å². The number of hydrogen-bond acceptors (Lipinski definition) is 4. The highest BCUT2D eigenvalue weighted by Gasteiger charge is 2.25. The predicted molar refractivity (Wildman–Crippen MR) is 67.8 cm³/mol. The minimum Gasteiger partial charge on any atom is -0.361 e. The predicted octanol–water partition coefficient (Wildman–Crippen LogP) is 1.95. The maximum atomic E-state index is 5.11. The van der Waals surface area contributed by atoms with E-state index in [4.69, 9.17) is 4.52 Å². The van der Waals surface area contributed by atoms with Gasteiger partial charge in [-0.25, -0.2) is 0 Å².